The largest absolute Gasteiger partial charge is 0.376 e. The zero-order valence-electron chi connectivity index (χ0n) is 8.64. The van der Waals surface area contributed by atoms with Gasteiger partial charge in [-0.1, -0.05) is 35.4 Å². The van der Waals surface area contributed by atoms with Crippen LogP contribution in [0.1, 0.15) is 19.3 Å². The van der Waals surface area contributed by atoms with Gasteiger partial charge in [-0.25, -0.2) is 4.39 Å². The molecule has 0 heterocycles. The average Bonchev–Trinajstić information content (AvgIpc) is 2.25. The highest BCUT2D eigenvalue weighted by Gasteiger charge is 2.13. The van der Waals surface area contributed by atoms with Crippen LogP contribution in [0.25, 0.3) is 0 Å². The van der Waals surface area contributed by atoms with Gasteiger partial charge in [0.15, 0.2) is 0 Å². The molecule has 0 amide bonds. The summed E-state index contributed by atoms with van der Waals surface area (Å²) in [6.45, 7) is 0. The number of hydrogen-bond donors (Lipinski definition) is 1. The first-order valence-electron chi connectivity index (χ1n) is 5.24. The zero-order valence-corrected chi connectivity index (χ0v) is 10.2. The molecule has 0 aliphatic heterocycles. The Hall–Kier alpha value is -0.730. The Morgan fingerprint density at radius 1 is 1.25 bits per heavy atom. The summed E-state index contributed by atoms with van der Waals surface area (Å²) >= 11 is 11.9. The first-order valence-corrected chi connectivity index (χ1v) is 6.00. The lowest BCUT2D eigenvalue weighted by molar-refractivity contribution is 0.627. The van der Waals surface area contributed by atoms with Crippen LogP contribution >= 0.6 is 23.2 Å². The molecule has 0 bridgehead atoms. The second-order valence-electron chi connectivity index (χ2n) is 3.85. The number of benzene rings is 1. The molecule has 0 aromatic heterocycles. The van der Waals surface area contributed by atoms with Gasteiger partial charge in [0.1, 0.15) is 5.82 Å². The second kappa shape index (κ2) is 5.07. The Morgan fingerprint density at radius 2 is 1.94 bits per heavy atom. The van der Waals surface area contributed by atoms with E-state index in [-0.39, 0.29) is 6.04 Å². The minimum atomic E-state index is -0.417. The fourth-order valence-electron chi connectivity index (χ4n) is 1.80. The van der Waals surface area contributed by atoms with Crippen molar-refractivity contribution in [2.24, 2.45) is 0 Å². The van der Waals surface area contributed by atoms with Gasteiger partial charge >= 0.3 is 0 Å². The molecule has 0 spiro atoms. The molecule has 1 aromatic carbocycles. The fraction of sp³-hybridized carbons (Fsp3) is 0.333. The van der Waals surface area contributed by atoms with Gasteiger partial charge in [0.25, 0.3) is 0 Å². The van der Waals surface area contributed by atoms with Crippen molar-refractivity contribution in [2.45, 2.75) is 25.3 Å². The van der Waals surface area contributed by atoms with Crippen LogP contribution in [-0.2, 0) is 0 Å². The maximum atomic E-state index is 13.0. The molecule has 0 fully saturated rings. The first kappa shape index (κ1) is 11.7. The summed E-state index contributed by atoms with van der Waals surface area (Å²) in [4.78, 5) is 0. The van der Waals surface area contributed by atoms with Gasteiger partial charge in [0, 0.05) is 6.04 Å². The lowest BCUT2D eigenvalue weighted by Crippen LogP contribution is -2.19. The van der Waals surface area contributed by atoms with Crippen LogP contribution in [0.2, 0.25) is 10.0 Å². The van der Waals surface area contributed by atoms with Crippen molar-refractivity contribution >= 4 is 28.9 Å². The van der Waals surface area contributed by atoms with E-state index in [0.717, 1.165) is 19.3 Å². The molecule has 0 radical (unpaired) electrons. The summed E-state index contributed by atoms with van der Waals surface area (Å²) < 4.78 is 13.0. The number of nitrogens with one attached hydrogen (secondary N) is 1. The van der Waals surface area contributed by atoms with E-state index in [4.69, 9.17) is 23.2 Å². The lowest BCUT2D eigenvalue weighted by Gasteiger charge is -2.20. The quantitative estimate of drug-likeness (QED) is 0.763. The monoisotopic (exact) mass is 259 g/mol. The number of allylic oxidation sites excluding steroid dienone is 1. The third-order valence-electron chi connectivity index (χ3n) is 2.59. The molecule has 1 nitrogen and oxygen atoms in total. The topological polar surface area (TPSA) is 12.0 Å². The Labute approximate surface area is 104 Å². The summed E-state index contributed by atoms with van der Waals surface area (Å²) in [5.41, 5.74) is 0.612. The van der Waals surface area contributed by atoms with Gasteiger partial charge in [0.05, 0.1) is 15.7 Å². The molecule has 0 saturated carbocycles. The van der Waals surface area contributed by atoms with Gasteiger partial charge in [-0.05, 0) is 31.4 Å². The number of hydrogen-bond acceptors (Lipinski definition) is 1. The summed E-state index contributed by atoms with van der Waals surface area (Å²) in [7, 11) is 0. The van der Waals surface area contributed by atoms with E-state index >= 15 is 0 Å². The normalized spacial score (nSPS) is 19.8. The zero-order chi connectivity index (χ0) is 11.5. The lowest BCUT2D eigenvalue weighted by atomic mass is 10.0. The Balaban J connectivity index is 2.20. The van der Waals surface area contributed by atoms with Gasteiger partial charge in [-0.15, -0.1) is 0 Å². The van der Waals surface area contributed by atoms with Crippen molar-refractivity contribution in [2.75, 3.05) is 5.32 Å². The van der Waals surface area contributed by atoms with Gasteiger partial charge in [-0.3, -0.25) is 0 Å². The maximum absolute atomic E-state index is 13.0. The Bertz CT molecular complexity index is 394. The van der Waals surface area contributed by atoms with Gasteiger partial charge in [0.2, 0.25) is 0 Å². The van der Waals surface area contributed by atoms with Crippen molar-refractivity contribution in [3.63, 3.8) is 0 Å². The third-order valence-corrected chi connectivity index (χ3v) is 3.19. The van der Waals surface area contributed by atoms with Crippen LogP contribution in [0, 0.1) is 5.82 Å². The van der Waals surface area contributed by atoms with Crippen LogP contribution < -0.4 is 5.32 Å². The Morgan fingerprint density at radius 3 is 2.50 bits per heavy atom. The van der Waals surface area contributed by atoms with Crippen molar-refractivity contribution in [3.8, 4) is 0 Å². The van der Waals surface area contributed by atoms with E-state index < -0.39 is 5.82 Å². The predicted molar refractivity (Wildman–Crippen MR) is 66.8 cm³/mol. The average molecular weight is 260 g/mol. The Kier molecular flexibility index (Phi) is 3.72. The molecule has 1 aliphatic carbocycles. The van der Waals surface area contributed by atoms with E-state index in [1.807, 2.05) is 0 Å². The predicted octanol–water partition coefficient (Wildman–Crippen LogP) is 4.65. The molecule has 1 N–H and O–H groups in total. The number of halogens is 3. The number of anilines is 1. The number of rotatable bonds is 2. The van der Waals surface area contributed by atoms with Crippen molar-refractivity contribution < 1.29 is 4.39 Å². The van der Waals surface area contributed by atoms with E-state index in [0.29, 0.717) is 15.7 Å². The molecule has 4 heteroatoms. The molecule has 1 atom stereocenters. The highest BCUT2D eigenvalue weighted by atomic mass is 35.5. The van der Waals surface area contributed by atoms with E-state index in [2.05, 4.69) is 17.5 Å². The minimum absolute atomic E-state index is 0.231. The summed E-state index contributed by atoms with van der Waals surface area (Å²) in [6.07, 6.45) is 7.53. The smallest absolute Gasteiger partial charge is 0.126 e. The highest BCUT2D eigenvalue weighted by molar-refractivity contribution is 6.39. The van der Waals surface area contributed by atoms with Crippen LogP contribution in [0.5, 0.6) is 0 Å². The summed E-state index contributed by atoms with van der Waals surface area (Å²) in [5.74, 6) is -0.417. The van der Waals surface area contributed by atoms with E-state index in [1.165, 1.54) is 12.1 Å². The molecular formula is C12H12Cl2FN. The molecule has 2 rings (SSSR count). The minimum Gasteiger partial charge on any atom is -0.376 e. The standard InChI is InChI=1S/C12H12Cl2FN/c13-10-6-8(15)7-11(14)12(10)16-9-4-2-1-3-5-9/h2,4,6-7,9,16H,1,3,5H2. The van der Waals surface area contributed by atoms with Gasteiger partial charge < -0.3 is 5.32 Å². The summed E-state index contributed by atoms with van der Waals surface area (Å²) in [6, 6.07) is 2.76. The SMILES string of the molecule is Fc1cc(Cl)c(NC2C=CCCC2)c(Cl)c1. The molecule has 1 aliphatic rings. The second-order valence-corrected chi connectivity index (χ2v) is 4.67. The fourth-order valence-corrected chi connectivity index (χ4v) is 2.37. The van der Waals surface area contributed by atoms with Crippen molar-refractivity contribution in [1.29, 1.82) is 0 Å². The highest BCUT2D eigenvalue weighted by Crippen LogP contribution is 2.32. The molecule has 1 aromatic rings. The van der Waals surface area contributed by atoms with Crippen molar-refractivity contribution in [1.82, 2.24) is 0 Å². The van der Waals surface area contributed by atoms with Crippen LogP contribution in [-0.4, -0.2) is 6.04 Å². The first-order chi connectivity index (χ1) is 7.66. The molecule has 16 heavy (non-hydrogen) atoms. The van der Waals surface area contributed by atoms with Crippen LogP contribution in [0.15, 0.2) is 24.3 Å². The molecule has 0 saturated heterocycles. The van der Waals surface area contributed by atoms with Crippen LogP contribution in [0.3, 0.4) is 0 Å². The third kappa shape index (κ3) is 2.69. The molecule has 1 unspecified atom stereocenters. The molecular weight excluding hydrogens is 248 g/mol. The van der Waals surface area contributed by atoms with Crippen molar-refractivity contribution in [3.05, 3.63) is 40.1 Å². The van der Waals surface area contributed by atoms with Crippen LogP contribution in [0.4, 0.5) is 10.1 Å². The maximum Gasteiger partial charge on any atom is 0.126 e. The van der Waals surface area contributed by atoms with E-state index in [9.17, 15) is 4.39 Å². The van der Waals surface area contributed by atoms with Gasteiger partial charge in [-0.2, -0.15) is 0 Å². The summed E-state index contributed by atoms with van der Waals surface area (Å²) in [5, 5.41) is 3.87. The van der Waals surface area contributed by atoms with E-state index in [1.54, 1.807) is 0 Å². The molecule has 86 valence electrons.